The van der Waals surface area contributed by atoms with Crippen LogP contribution in [-0.2, 0) is 0 Å². The number of rotatable bonds is 7. The normalized spacial score (nSPS) is 10.4. The van der Waals surface area contributed by atoms with Gasteiger partial charge in [-0.2, -0.15) is 0 Å². The highest BCUT2D eigenvalue weighted by molar-refractivity contribution is 5.86. The van der Waals surface area contributed by atoms with Crippen molar-refractivity contribution in [3.8, 4) is 0 Å². The van der Waals surface area contributed by atoms with Crippen LogP contribution in [0.5, 0.6) is 0 Å². The summed E-state index contributed by atoms with van der Waals surface area (Å²) in [5.41, 5.74) is 3.06. The number of aryl methyl sites for hydroxylation is 1. The largest absolute Gasteiger partial charge is 0.465 e. The van der Waals surface area contributed by atoms with Crippen molar-refractivity contribution in [1.29, 1.82) is 0 Å². The fraction of sp³-hybridized carbons (Fsp3) is 0.562. The third kappa shape index (κ3) is 3.89. The number of carboxylic acid groups (broad SMARTS) is 1. The van der Waals surface area contributed by atoms with Gasteiger partial charge in [0.25, 0.3) is 0 Å². The Morgan fingerprint density at radius 3 is 2.30 bits per heavy atom. The van der Waals surface area contributed by atoms with Crippen molar-refractivity contribution >= 4 is 17.5 Å². The van der Waals surface area contributed by atoms with Crippen LogP contribution < -0.4 is 9.80 Å². The summed E-state index contributed by atoms with van der Waals surface area (Å²) in [6, 6.07) is 5.90. The molecule has 0 spiro atoms. The lowest BCUT2D eigenvalue weighted by Crippen LogP contribution is -2.30. The molecule has 4 nitrogen and oxygen atoms in total. The molecule has 0 fully saturated rings. The number of carbonyl (C=O) groups is 1. The molecule has 112 valence electrons. The van der Waals surface area contributed by atoms with Crippen LogP contribution in [0.3, 0.4) is 0 Å². The van der Waals surface area contributed by atoms with E-state index < -0.39 is 6.09 Å². The number of unbranched alkanes of at least 4 members (excludes halogenated alkanes) is 1. The van der Waals surface area contributed by atoms with E-state index in [-0.39, 0.29) is 0 Å². The van der Waals surface area contributed by atoms with Crippen LogP contribution in [0.2, 0.25) is 0 Å². The van der Waals surface area contributed by atoms with Crippen molar-refractivity contribution in [1.82, 2.24) is 0 Å². The van der Waals surface area contributed by atoms with Crippen LogP contribution in [0.4, 0.5) is 16.2 Å². The molecule has 4 heteroatoms. The first-order chi connectivity index (χ1) is 9.54. The molecular weight excluding hydrogens is 252 g/mol. The summed E-state index contributed by atoms with van der Waals surface area (Å²) in [5.74, 6) is 0. The van der Waals surface area contributed by atoms with Crippen LogP contribution in [0, 0.1) is 6.92 Å². The maximum atomic E-state index is 11.4. The number of hydrogen-bond donors (Lipinski definition) is 1. The average Bonchev–Trinajstić information content (AvgIpc) is 2.42. The first-order valence-corrected chi connectivity index (χ1v) is 7.41. The van der Waals surface area contributed by atoms with E-state index in [4.69, 9.17) is 0 Å². The molecule has 0 radical (unpaired) electrons. The average molecular weight is 278 g/mol. The number of anilines is 2. The minimum Gasteiger partial charge on any atom is -0.465 e. The van der Waals surface area contributed by atoms with Crippen molar-refractivity contribution in [2.45, 2.75) is 40.5 Å². The van der Waals surface area contributed by atoms with E-state index in [0.29, 0.717) is 6.54 Å². The monoisotopic (exact) mass is 278 g/mol. The molecule has 0 heterocycles. The molecule has 1 N–H and O–H groups in total. The number of benzene rings is 1. The Kier molecular flexibility index (Phi) is 6.36. The number of nitrogens with zero attached hydrogens (tertiary/aromatic N) is 2. The predicted molar refractivity (Wildman–Crippen MR) is 85.0 cm³/mol. The summed E-state index contributed by atoms with van der Waals surface area (Å²) in [6.07, 6.45) is 0.983. The summed E-state index contributed by atoms with van der Waals surface area (Å²) < 4.78 is 0. The van der Waals surface area contributed by atoms with Crippen LogP contribution in [0.15, 0.2) is 18.2 Å². The van der Waals surface area contributed by atoms with Crippen molar-refractivity contribution in [3.05, 3.63) is 23.8 Å². The molecule has 0 unspecified atom stereocenters. The third-order valence-corrected chi connectivity index (χ3v) is 3.56. The van der Waals surface area contributed by atoms with Gasteiger partial charge in [0.05, 0.1) is 0 Å². The molecule has 0 aliphatic carbocycles. The highest BCUT2D eigenvalue weighted by Gasteiger charge is 2.15. The van der Waals surface area contributed by atoms with E-state index >= 15 is 0 Å². The van der Waals surface area contributed by atoms with Gasteiger partial charge in [-0.05, 0) is 51.0 Å². The van der Waals surface area contributed by atoms with Gasteiger partial charge in [0.15, 0.2) is 0 Å². The Balaban J connectivity index is 3.02. The van der Waals surface area contributed by atoms with Gasteiger partial charge in [-0.15, -0.1) is 0 Å². The van der Waals surface area contributed by atoms with Gasteiger partial charge in [0.1, 0.15) is 0 Å². The zero-order valence-electron chi connectivity index (χ0n) is 13.0. The van der Waals surface area contributed by atoms with Gasteiger partial charge >= 0.3 is 6.09 Å². The molecule has 1 rings (SSSR count). The minimum absolute atomic E-state index is 0.551. The topological polar surface area (TPSA) is 43.8 Å². The molecule has 20 heavy (non-hydrogen) atoms. The Labute approximate surface area is 122 Å². The number of hydrogen-bond acceptors (Lipinski definition) is 2. The van der Waals surface area contributed by atoms with Crippen molar-refractivity contribution in [3.63, 3.8) is 0 Å². The Morgan fingerprint density at radius 1 is 1.20 bits per heavy atom. The molecular formula is C16H26N2O2. The van der Waals surface area contributed by atoms with Crippen LogP contribution in [0.25, 0.3) is 0 Å². The van der Waals surface area contributed by atoms with E-state index in [1.165, 1.54) is 10.6 Å². The molecule has 0 saturated carbocycles. The number of amides is 1. The lowest BCUT2D eigenvalue weighted by atomic mass is 10.1. The molecule has 0 aliphatic rings. The summed E-state index contributed by atoms with van der Waals surface area (Å²) >= 11 is 0. The molecule has 0 aromatic heterocycles. The van der Waals surface area contributed by atoms with E-state index in [1.54, 1.807) is 0 Å². The standard InChI is InChI=1S/C16H26N2O2/c1-5-8-11-18(16(19)20)14-9-10-15(13(4)12-14)17(6-2)7-3/h9-10,12H,5-8,11H2,1-4H3,(H,19,20). The molecule has 0 aliphatic heterocycles. The summed E-state index contributed by atoms with van der Waals surface area (Å²) in [7, 11) is 0. The lowest BCUT2D eigenvalue weighted by Gasteiger charge is -2.25. The minimum atomic E-state index is -0.881. The van der Waals surface area contributed by atoms with Gasteiger partial charge in [0.2, 0.25) is 0 Å². The lowest BCUT2D eigenvalue weighted by molar-refractivity contribution is 0.201. The van der Waals surface area contributed by atoms with Gasteiger partial charge in [-0.1, -0.05) is 13.3 Å². The molecule has 1 aromatic carbocycles. The van der Waals surface area contributed by atoms with E-state index in [2.05, 4.69) is 25.7 Å². The van der Waals surface area contributed by atoms with Gasteiger partial charge < -0.3 is 10.0 Å². The zero-order chi connectivity index (χ0) is 15.1. The van der Waals surface area contributed by atoms with Gasteiger partial charge in [0, 0.05) is 31.0 Å². The second kappa shape index (κ2) is 7.78. The smallest absolute Gasteiger partial charge is 0.411 e. The van der Waals surface area contributed by atoms with Crippen molar-refractivity contribution in [2.24, 2.45) is 0 Å². The Hall–Kier alpha value is -1.71. The predicted octanol–water partition coefficient (Wildman–Crippen LogP) is 4.13. The van der Waals surface area contributed by atoms with E-state index in [1.807, 2.05) is 25.1 Å². The highest BCUT2D eigenvalue weighted by Crippen LogP contribution is 2.26. The summed E-state index contributed by atoms with van der Waals surface area (Å²) in [4.78, 5) is 15.1. The first-order valence-electron chi connectivity index (χ1n) is 7.41. The van der Waals surface area contributed by atoms with Crippen molar-refractivity contribution in [2.75, 3.05) is 29.4 Å². The zero-order valence-corrected chi connectivity index (χ0v) is 13.0. The maximum absolute atomic E-state index is 11.4. The van der Waals surface area contributed by atoms with Crippen LogP contribution in [-0.4, -0.2) is 30.8 Å². The van der Waals surface area contributed by atoms with E-state index in [9.17, 15) is 9.90 Å². The Bertz CT molecular complexity index is 442. The third-order valence-electron chi connectivity index (χ3n) is 3.56. The summed E-state index contributed by atoms with van der Waals surface area (Å²) in [5, 5.41) is 9.33. The van der Waals surface area contributed by atoms with Crippen molar-refractivity contribution < 1.29 is 9.90 Å². The van der Waals surface area contributed by atoms with Crippen LogP contribution in [0.1, 0.15) is 39.2 Å². The second-order valence-electron chi connectivity index (χ2n) is 4.93. The Morgan fingerprint density at radius 2 is 1.85 bits per heavy atom. The van der Waals surface area contributed by atoms with Gasteiger partial charge in [-0.3, -0.25) is 4.90 Å². The van der Waals surface area contributed by atoms with Gasteiger partial charge in [-0.25, -0.2) is 4.79 Å². The molecule has 1 aromatic rings. The molecule has 0 atom stereocenters. The highest BCUT2D eigenvalue weighted by atomic mass is 16.4. The van der Waals surface area contributed by atoms with Crippen LogP contribution >= 0.6 is 0 Å². The molecule has 0 bridgehead atoms. The van der Waals surface area contributed by atoms with E-state index in [0.717, 1.165) is 37.2 Å². The molecule has 0 saturated heterocycles. The maximum Gasteiger partial charge on any atom is 0.411 e. The SMILES string of the molecule is CCCCN(C(=O)O)c1ccc(N(CC)CC)c(C)c1. The second-order valence-corrected chi connectivity index (χ2v) is 4.93. The summed E-state index contributed by atoms with van der Waals surface area (Å²) in [6.45, 7) is 10.8. The fourth-order valence-electron chi connectivity index (χ4n) is 2.38. The first kappa shape index (κ1) is 16.3. The quantitative estimate of drug-likeness (QED) is 0.815. The fourth-order valence-corrected chi connectivity index (χ4v) is 2.38. The molecule has 1 amide bonds.